The predicted octanol–water partition coefficient (Wildman–Crippen LogP) is 5.90. The average Bonchev–Trinajstić information content (AvgIpc) is 2.74. The molecule has 1 fully saturated rings. The number of nitrogens with zero attached hydrogens (tertiary/aromatic N) is 2. The summed E-state index contributed by atoms with van der Waals surface area (Å²) in [5.41, 5.74) is 9.24. The molecule has 0 bridgehead atoms. The molecule has 2 aromatic rings. The van der Waals surface area contributed by atoms with Crippen molar-refractivity contribution < 1.29 is 10.2 Å². The molecule has 1 heterocycles. The SMILES string of the molecule is Cc1cc(C(C)C)c(O)c(C)c1CN1CCN(Cc2c(C)cc(C(C)C)c(O)c2C)CC1. The van der Waals surface area contributed by atoms with Crippen LogP contribution in [-0.4, -0.2) is 46.2 Å². The Kier molecular flexibility index (Phi) is 7.57. The number of piperazine rings is 1. The van der Waals surface area contributed by atoms with Crippen LogP contribution in [0.15, 0.2) is 12.1 Å². The van der Waals surface area contributed by atoms with Crippen LogP contribution >= 0.6 is 0 Å². The molecule has 0 unspecified atom stereocenters. The van der Waals surface area contributed by atoms with Crippen molar-refractivity contribution in [1.82, 2.24) is 9.80 Å². The van der Waals surface area contributed by atoms with Gasteiger partial charge in [-0.25, -0.2) is 0 Å². The van der Waals surface area contributed by atoms with Gasteiger partial charge in [-0.1, -0.05) is 39.8 Å². The van der Waals surface area contributed by atoms with Gasteiger partial charge in [0.2, 0.25) is 0 Å². The molecule has 0 amide bonds. The summed E-state index contributed by atoms with van der Waals surface area (Å²) < 4.78 is 0. The summed E-state index contributed by atoms with van der Waals surface area (Å²) in [7, 11) is 0. The van der Waals surface area contributed by atoms with Gasteiger partial charge in [-0.05, 0) is 84.0 Å². The first-order valence-electron chi connectivity index (χ1n) is 12.1. The molecule has 0 radical (unpaired) electrons. The number of benzene rings is 2. The van der Waals surface area contributed by atoms with Gasteiger partial charge >= 0.3 is 0 Å². The summed E-state index contributed by atoms with van der Waals surface area (Å²) in [6, 6.07) is 4.33. The lowest BCUT2D eigenvalue weighted by atomic mass is 9.92. The van der Waals surface area contributed by atoms with Crippen molar-refractivity contribution in [3.8, 4) is 11.5 Å². The second kappa shape index (κ2) is 9.84. The predicted molar refractivity (Wildman–Crippen MR) is 134 cm³/mol. The molecule has 176 valence electrons. The third-order valence-electron chi connectivity index (χ3n) is 7.33. The van der Waals surface area contributed by atoms with Gasteiger partial charge in [0.05, 0.1) is 0 Å². The van der Waals surface area contributed by atoms with Crippen LogP contribution in [0.2, 0.25) is 0 Å². The normalized spacial score (nSPS) is 15.8. The Morgan fingerprint density at radius 3 is 1.25 bits per heavy atom. The lowest BCUT2D eigenvalue weighted by Crippen LogP contribution is -2.45. The summed E-state index contributed by atoms with van der Waals surface area (Å²) in [6.07, 6.45) is 0. The Labute approximate surface area is 194 Å². The molecule has 0 saturated carbocycles. The number of aromatic hydroxyl groups is 2. The molecule has 0 spiro atoms. The number of phenolic OH excluding ortho intramolecular Hbond substituents is 2. The highest BCUT2D eigenvalue weighted by Gasteiger charge is 2.22. The maximum atomic E-state index is 10.7. The average molecular weight is 439 g/mol. The minimum absolute atomic E-state index is 0.325. The molecule has 1 aliphatic heterocycles. The maximum absolute atomic E-state index is 10.7. The van der Waals surface area contributed by atoms with E-state index in [-0.39, 0.29) is 0 Å². The molecular formula is C28H42N2O2. The molecule has 4 heteroatoms. The summed E-state index contributed by atoms with van der Waals surface area (Å²) >= 11 is 0. The van der Waals surface area contributed by atoms with E-state index in [2.05, 4.69) is 77.3 Å². The number of hydrogen-bond acceptors (Lipinski definition) is 4. The summed E-state index contributed by atoms with van der Waals surface area (Å²) in [4.78, 5) is 5.00. The van der Waals surface area contributed by atoms with Crippen molar-refractivity contribution in [2.24, 2.45) is 0 Å². The van der Waals surface area contributed by atoms with E-state index in [4.69, 9.17) is 0 Å². The fraction of sp³-hybridized carbons (Fsp3) is 0.571. The number of rotatable bonds is 6. The van der Waals surface area contributed by atoms with Gasteiger partial charge in [-0.3, -0.25) is 9.80 Å². The highest BCUT2D eigenvalue weighted by atomic mass is 16.3. The van der Waals surface area contributed by atoms with E-state index < -0.39 is 0 Å². The topological polar surface area (TPSA) is 46.9 Å². The van der Waals surface area contributed by atoms with Crippen molar-refractivity contribution >= 4 is 0 Å². The molecule has 0 atom stereocenters. The molecule has 1 saturated heterocycles. The molecule has 0 aliphatic carbocycles. The highest BCUT2D eigenvalue weighted by Crippen LogP contribution is 2.35. The second-order valence-electron chi connectivity index (χ2n) is 10.3. The minimum Gasteiger partial charge on any atom is -0.507 e. The Morgan fingerprint density at radius 1 is 0.656 bits per heavy atom. The molecule has 1 aliphatic rings. The van der Waals surface area contributed by atoms with E-state index >= 15 is 0 Å². The highest BCUT2D eigenvalue weighted by molar-refractivity contribution is 5.51. The zero-order chi connectivity index (χ0) is 23.7. The minimum atomic E-state index is 0.325. The first kappa shape index (κ1) is 24.6. The van der Waals surface area contributed by atoms with Crippen molar-refractivity contribution in [3.63, 3.8) is 0 Å². The number of aryl methyl sites for hydroxylation is 2. The third-order valence-corrected chi connectivity index (χ3v) is 7.33. The maximum Gasteiger partial charge on any atom is 0.122 e. The van der Waals surface area contributed by atoms with Crippen LogP contribution < -0.4 is 0 Å². The lowest BCUT2D eigenvalue weighted by molar-refractivity contribution is 0.121. The Hall–Kier alpha value is -2.04. The smallest absolute Gasteiger partial charge is 0.122 e. The quantitative estimate of drug-likeness (QED) is 0.590. The van der Waals surface area contributed by atoms with Gasteiger partial charge in [-0.2, -0.15) is 0 Å². The number of hydrogen-bond donors (Lipinski definition) is 2. The summed E-state index contributed by atoms with van der Waals surface area (Å²) in [6.45, 7) is 22.8. The van der Waals surface area contributed by atoms with E-state index in [0.29, 0.717) is 23.3 Å². The van der Waals surface area contributed by atoms with Gasteiger partial charge in [-0.15, -0.1) is 0 Å². The fourth-order valence-electron chi connectivity index (χ4n) is 5.01. The summed E-state index contributed by atoms with van der Waals surface area (Å²) in [5.74, 6) is 1.58. The Balaban J connectivity index is 1.67. The molecule has 3 rings (SSSR count). The summed E-state index contributed by atoms with van der Waals surface area (Å²) in [5, 5.41) is 21.4. The van der Waals surface area contributed by atoms with Crippen LogP contribution in [0.3, 0.4) is 0 Å². The lowest BCUT2D eigenvalue weighted by Gasteiger charge is -2.36. The fourth-order valence-corrected chi connectivity index (χ4v) is 5.01. The van der Waals surface area contributed by atoms with Gasteiger partial charge in [0, 0.05) is 39.3 Å². The molecule has 2 aromatic carbocycles. The van der Waals surface area contributed by atoms with Crippen LogP contribution in [0.1, 0.15) is 84.0 Å². The van der Waals surface area contributed by atoms with Crippen LogP contribution in [0, 0.1) is 27.7 Å². The standard InChI is InChI=1S/C28H42N2O2/c1-17(2)23-13-19(5)25(21(7)27(23)31)15-29-9-11-30(12-10-29)16-26-20(6)14-24(18(3)4)28(32)22(26)8/h13-14,17-18,31-32H,9-12,15-16H2,1-8H3. The van der Waals surface area contributed by atoms with Crippen LogP contribution in [0.5, 0.6) is 11.5 Å². The van der Waals surface area contributed by atoms with Crippen LogP contribution in [0.25, 0.3) is 0 Å². The zero-order valence-corrected chi connectivity index (χ0v) is 21.3. The van der Waals surface area contributed by atoms with E-state index in [9.17, 15) is 10.2 Å². The van der Waals surface area contributed by atoms with Gasteiger partial charge < -0.3 is 10.2 Å². The molecule has 4 nitrogen and oxygen atoms in total. The Morgan fingerprint density at radius 2 is 0.969 bits per heavy atom. The molecule has 2 N–H and O–H groups in total. The molecular weight excluding hydrogens is 396 g/mol. The van der Waals surface area contributed by atoms with E-state index in [0.717, 1.165) is 61.5 Å². The molecule has 32 heavy (non-hydrogen) atoms. The first-order chi connectivity index (χ1) is 15.0. The van der Waals surface area contributed by atoms with Gasteiger partial charge in [0.1, 0.15) is 11.5 Å². The number of phenols is 2. The van der Waals surface area contributed by atoms with E-state index in [1.54, 1.807) is 0 Å². The van der Waals surface area contributed by atoms with Crippen LogP contribution in [0.4, 0.5) is 0 Å². The molecule has 0 aromatic heterocycles. The zero-order valence-electron chi connectivity index (χ0n) is 21.3. The Bertz CT molecular complexity index is 891. The van der Waals surface area contributed by atoms with Gasteiger partial charge in [0.15, 0.2) is 0 Å². The first-order valence-corrected chi connectivity index (χ1v) is 12.1. The van der Waals surface area contributed by atoms with E-state index in [1.165, 1.54) is 22.3 Å². The monoisotopic (exact) mass is 438 g/mol. The van der Waals surface area contributed by atoms with Crippen molar-refractivity contribution in [2.45, 2.75) is 80.3 Å². The second-order valence-corrected chi connectivity index (χ2v) is 10.3. The van der Waals surface area contributed by atoms with Gasteiger partial charge in [0.25, 0.3) is 0 Å². The van der Waals surface area contributed by atoms with Crippen LogP contribution in [-0.2, 0) is 13.1 Å². The van der Waals surface area contributed by atoms with Crippen molar-refractivity contribution in [2.75, 3.05) is 26.2 Å². The van der Waals surface area contributed by atoms with Crippen molar-refractivity contribution in [1.29, 1.82) is 0 Å². The van der Waals surface area contributed by atoms with E-state index in [1.807, 2.05) is 0 Å². The van der Waals surface area contributed by atoms with Crippen molar-refractivity contribution in [3.05, 3.63) is 56.6 Å². The third kappa shape index (κ3) is 4.97. The largest absolute Gasteiger partial charge is 0.507 e.